The molecule has 0 atom stereocenters. The minimum Gasteiger partial charge on any atom is -0.278 e. The van der Waals surface area contributed by atoms with E-state index in [1.165, 1.54) is 142 Å². The normalized spacial score (nSPS) is 13.3. The van der Waals surface area contributed by atoms with Crippen LogP contribution in [-0.4, -0.2) is 34.5 Å². The highest BCUT2D eigenvalue weighted by Crippen LogP contribution is 2.55. The van der Waals surface area contributed by atoms with Crippen LogP contribution in [0.15, 0.2) is 315 Å². The molecule has 0 amide bonds. The zero-order chi connectivity index (χ0) is 70.2. The van der Waals surface area contributed by atoms with Crippen molar-refractivity contribution in [1.29, 1.82) is 0 Å². The third kappa shape index (κ3) is 10.0. The number of hydrogen-bond acceptors (Lipinski definition) is 6. The van der Waals surface area contributed by atoms with Gasteiger partial charge in [-0.2, -0.15) is 19.9 Å². The van der Waals surface area contributed by atoms with Crippen LogP contribution < -0.4 is 0 Å². The van der Waals surface area contributed by atoms with Crippen LogP contribution in [0.1, 0.15) is 61.1 Å². The van der Waals surface area contributed by atoms with Gasteiger partial charge >= 0.3 is 0 Å². The summed E-state index contributed by atoms with van der Waals surface area (Å²) in [6.07, 6.45) is 1.02. The lowest BCUT2D eigenvalue weighted by atomic mass is 9.81. The molecule has 0 spiro atoms. The average molecular weight is 1370 g/mol. The molecule has 0 saturated carbocycles. The Morgan fingerprint density at radius 2 is 0.562 bits per heavy atom. The van der Waals surface area contributed by atoms with Crippen molar-refractivity contribution in [2.24, 2.45) is 0 Å². The zero-order valence-electron chi connectivity index (χ0n) is 58.2. The summed E-state index contributed by atoms with van der Waals surface area (Å²) in [7, 11) is 0. The van der Waals surface area contributed by atoms with E-state index in [9.17, 15) is 0 Å². The fourth-order valence-electron chi connectivity index (χ4n) is 17.3. The van der Waals surface area contributed by atoms with Crippen LogP contribution in [0, 0.1) is 0 Å². The molecule has 7 nitrogen and oxygen atoms in total. The Hall–Kier alpha value is -12.8. The Kier molecular flexibility index (Phi) is 14.3. The zero-order valence-corrected chi connectivity index (χ0v) is 59.0. The number of rotatable bonds is 5. The van der Waals surface area contributed by atoms with Crippen LogP contribution in [0.4, 0.5) is 0 Å². The monoisotopic (exact) mass is 1360 g/mol. The number of benzene rings is 16. The first-order valence-corrected chi connectivity index (χ1v) is 36.4. The molecule has 0 saturated heterocycles. The maximum atomic E-state index is 5.99. The molecule has 105 heavy (non-hydrogen) atoms. The van der Waals surface area contributed by atoms with Crippen molar-refractivity contribution in [3.63, 3.8) is 0 Å². The maximum Gasteiger partial charge on any atom is 0.238 e. The number of hydrogen-bond donors (Lipinski definition) is 0. The Bertz CT molecular complexity index is 6690. The lowest BCUT2D eigenvalue weighted by molar-refractivity contribution is 0.659. The van der Waals surface area contributed by atoms with Gasteiger partial charge in [0.25, 0.3) is 0 Å². The molecule has 3 aromatic heterocycles. The number of fused-ring (bicyclic) bond motifs is 24. The van der Waals surface area contributed by atoms with E-state index in [0.717, 1.165) is 39.7 Å². The second-order valence-corrected chi connectivity index (χ2v) is 29.3. The Balaban J connectivity index is 0.000000118. The van der Waals surface area contributed by atoms with E-state index in [0.29, 0.717) is 29.2 Å². The topological polar surface area (TPSA) is 82.3 Å². The third-order valence-electron chi connectivity index (χ3n) is 22.3. The Morgan fingerprint density at radius 3 is 1.02 bits per heavy atom. The molecule has 0 fully saturated rings. The van der Waals surface area contributed by atoms with E-state index >= 15 is 0 Å². The van der Waals surface area contributed by atoms with Crippen molar-refractivity contribution < 1.29 is 0 Å². The first kappa shape index (κ1) is 62.0. The first-order chi connectivity index (χ1) is 51.5. The molecule has 0 radical (unpaired) electrons. The van der Waals surface area contributed by atoms with Gasteiger partial charge in [-0.3, -0.25) is 4.57 Å². The number of halogens is 1. The van der Waals surface area contributed by atoms with Gasteiger partial charge in [0.2, 0.25) is 11.2 Å². The van der Waals surface area contributed by atoms with Gasteiger partial charge in [0.1, 0.15) is 0 Å². The van der Waals surface area contributed by atoms with E-state index in [2.05, 4.69) is 266 Å². The van der Waals surface area contributed by atoms with E-state index in [-0.39, 0.29) is 16.1 Å². The minimum atomic E-state index is -0.165. The predicted octanol–water partition coefficient (Wildman–Crippen LogP) is 25.0. The van der Waals surface area contributed by atoms with Gasteiger partial charge in [0, 0.05) is 43.9 Å². The Labute approximate surface area is 612 Å². The summed E-state index contributed by atoms with van der Waals surface area (Å²) in [6.45, 7) is 9.43. The van der Waals surface area contributed by atoms with Crippen molar-refractivity contribution in [2.45, 2.75) is 44.9 Å². The van der Waals surface area contributed by atoms with Crippen LogP contribution in [0.2, 0.25) is 5.28 Å². The lowest BCUT2D eigenvalue weighted by Crippen LogP contribution is -2.15. The summed E-state index contributed by atoms with van der Waals surface area (Å²) < 4.78 is 2.29. The number of aromatic nitrogens is 7. The molecule has 3 aliphatic rings. The summed E-state index contributed by atoms with van der Waals surface area (Å²) in [5.41, 5.74) is 22.5. The molecule has 0 bridgehead atoms. The summed E-state index contributed by atoms with van der Waals surface area (Å²) in [5.74, 6) is 3.06. The van der Waals surface area contributed by atoms with E-state index in [4.69, 9.17) is 26.6 Å². The third-order valence-corrected chi connectivity index (χ3v) is 22.5. The smallest absolute Gasteiger partial charge is 0.238 e. The highest BCUT2D eigenvalue weighted by atomic mass is 35.5. The molecule has 19 aromatic rings. The highest BCUT2D eigenvalue weighted by Gasteiger charge is 2.39. The number of nitrogens with zero attached hydrogens (tertiary/aromatic N) is 7. The van der Waals surface area contributed by atoms with Crippen molar-refractivity contribution in [2.75, 3.05) is 0 Å². The van der Waals surface area contributed by atoms with Gasteiger partial charge in [-0.25, -0.2) is 9.97 Å². The molecule has 3 heterocycles. The van der Waals surface area contributed by atoms with Gasteiger partial charge in [-0.05, 0) is 192 Å². The summed E-state index contributed by atoms with van der Waals surface area (Å²) >= 11 is 5.99. The molecule has 496 valence electrons. The average Bonchev–Trinajstić information content (AvgIpc) is 1.59. The van der Waals surface area contributed by atoms with Gasteiger partial charge < -0.3 is 0 Å². The molecule has 16 aromatic carbocycles. The quantitative estimate of drug-likeness (QED) is 0.160. The standard InChI is InChI=1S/C48H32N4.C34H24.C15H10ClN3/c1-48(2)41-24-14-13-23-35(41)38-26-40-39-25-36-33-21-11-9-19-31(33)32-20-10-12-22-34(32)37(36)27-43(39)52(44(40)28-42(38)48)47-50-45(29-15-5-3-6-16-29)49-46(51-47)30-17-7-4-8-18-30;1-34(2)32-14-8-7-13-26(32)31-19-28-21(17-33(31)34)15-20-16-29-24-11-5-3-9-22(24)23-10-4-6-12-25(23)30(29)18-27(20)28;16-15-18-13(11-7-3-1-4-8-11)17-14(19-15)12-9-5-2-6-10-12/h3-28H,1-2H3;3-14,16-19H,15H2,1-2H3;1-10H. The summed E-state index contributed by atoms with van der Waals surface area (Å²) in [4.78, 5) is 28.4. The van der Waals surface area contributed by atoms with Gasteiger partial charge in [0.15, 0.2) is 23.3 Å². The second-order valence-electron chi connectivity index (χ2n) is 29.0. The van der Waals surface area contributed by atoms with Gasteiger partial charge in [-0.15, -0.1) is 0 Å². The van der Waals surface area contributed by atoms with Gasteiger partial charge in [-0.1, -0.05) is 301 Å². The van der Waals surface area contributed by atoms with E-state index < -0.39 is 0 Å². The predicted molar refractivity (Wildman–Crippen MR) is 436 cm³/mol. The highest BCUT2D eigenvalue weighted by molar-refractivity contribution is 6.30. The van der Waals surface area contributed by atoms with Crippen LogP contribution >= 0.6 is 11.6 Å². The second kappa shape index (κ2) is 24.2. The first-order valence-electron chi connectivity index (χ1n) is 36.0. The van der Waals surface area contributed by atoms with Gasteiger partial charge in [0.05, 0.1) is 11.0 Å². The largest absolute Gasteiger partial charge is 0.278 e. The fraction of sp³-hybridized carbons (Fsp3) is 0.0722. The Morgan fingerprint density at radius 1 is 0.248 bits per heavy atom. The van der Waals surface area contributed by atoms with E-state index in [1.807, 2.05) is 97.1 Å². The molecule has 8 heteroatoms. The van der Waals surface area contributed by atoms with Crippen molar-refractivity contribution in [3.05, 3.63) is 354 Å². The van der Waals surface area contributed by atoms with Crippen LogP contribution in [0.5, 0.6) is 0 Å². The van der Waals surface area contributed by atoms with Crippen LogP contribution in [0.25, 0.3) is 171 Å². The molecule has 22 rings (SSSR count). The van der Waals surface area contributed by atoms with Crippen molar-refractivity contribution in [3.8, 4) is 84.9 Å². The molecule has 0 aliphatic heterocycles. The molecular formula is C97H66ClN7. The minimum absolute atomic E-state index is 0.0485. The molecule has 0 N–H and O–H groups in total. The summed E-state index contributed by atoms with van der Waals surface area (Å²) in [5, 5.41) is 18.2. The summed E-state index contributed by atoms with van der Waals surface area (Å²) in [6, 6.07) is 113. The molecule has 0 unspecified atom stereocenters. The maximum absolute atomic E-state index is 5.99. The SMILES string of the molecule is CC1(C)c2ccccc2-c2cc3c(cc21)Cc1cc2c4ccccc4c4ccccc4c2cc1-3.CC1(C)c2ccccc2-c2cc3c4cc5c6ccccc6c6ccccc6c5cc4n(-c4nc(-c5ccccc5)nc(-c5ccccc5)n4)c3cc21.Clc1nc(-c2ccccc2)nc(-c2ccccc2)n1. The fourth-order valence-corrected chi connectivity index (χ4v) is 17.5. The van der Waals surface area contributed by atoms with Crippen LogP contribution in [-0.2, 0) is 17.3 Å². The van der Waals surface area contributed by atoms with Crippen molar-refractivity contribution >= 4 is 98.0 Å². The van der Waals surface area contributed by atoms with Crippen LogP contribution in [0.3, 0.4) is 0 Å². The lowest BCUT2D eigenvalue weighted by Gasteiger charge is -2.22. The molecular weight excluding hydrogens is 1300 g/mol. The van der Waals surface area contributed by atoms with E-state index in [1.54, 1.807) is 0 Å². The molecule has 3 aliphatic carbocycles. The van der Waals surface area contributed by atoms with Crippen molar-refractivity contribution in [1.82, 2.24) is 34.5 Å².